The van der Waals surface area contributed by atoms with Crippen molar-refractivity contribution >= 4 is 34.9 Å². The van der Waals surface area contributed by atoms with Crippen molar-refractivity contribution in [3.63, 3.8) is 0 Å². The minimum Gasteiger partial charge on any atom is -0.427 e. The van der Waals surface area contributed by atoms with Crippen LogP contribution in [-0.4, -0.2) is 5.97 Å². The number of benzene rings is 2. The van der Waals surface area contributed by atoms with Gasteiger partial charge in [0.05, 0.1) is 10.0 Å². The summed E-state index contributed by atoms with van der Waals surface area (Å²) in [4.78, 5) is 11.2. The summed E-state index contributed by atoms with van der Waals surface area (Å²) in [6, 6.07) is 12.7. The second-order valence-corrected chi connectivity index (χ2v) is 5.27. The van der Waals surface area contributed by atoms with Crippen LogP contribution in [-0.2, 0) is 11.3 Å². The van der Waals surface area contributed by atoms with E-state index >= 15 is 0 Å². The summed E-state index contributed by atoms with van der Waals surface area (Å²) >= 11 is 11.8. The fourth-order valence-electron chi connectivity index (χ4n) is 1.70. The molecule has 0 unspecified atom stereocenters. The number of nitrogens with one attached hydrogen (secondary N) is 1. The monoisotopic (exact) mass is 323 g/mol. The van der Waals surface area contributed by atoms with Gasteiger partial charge in [0.1, 0.15) is 5.75 Å². The highest BCUT2D eigenvalue weighted by atomic mass is 35.5. The molecular weight excluding hydrogens is 309 g/mol. The van der Waals surface area contributed by atoms with Crippen LogP contribution in [0.1, 0.15) is 18.9 Å². The zero-order chi connectivity index (χ0) is 15.2. The molecule has 0 bridgehead atoms. The van der Waals surface area contributed by atoms with Crippen molar-refractivity contribution in [1.29, 1.82) is 0 Å². The van der Waals surface area contributed by atoms with Crippen molar-refractivity contribution < 1.29 is 9.53 Å². The fourth-order valence-corrected chi connectivity index (χ4v) is 2.02. The van der Waals surface area contributed by atoms with Crippen LogP contribution in [0.5, 0.6) is 5.75 Å². The number of carbonyl (C=O) groups excluding carboxylic acids is 1. The molecule has 0 fully saturated rings. The van der Waals surface area contributed by atoms with E-state index in [2.05, 4.69) is 5.32 Å². The Morgan fingerprint density at radius 3 is 2.43 bits per heavy atom. The zero-order valence-corrected chi connectivity index (χ0v) is 13.0. The number of hydrogen-bond acceptors (Lipinski definition) is 3. The van der Waals surface area contributed by atoms with Gasteiger partial charge in [-0.05, 0) is 42.0 Å². The van der Waals surface area contributed by atoms with Gasteiger partial charge in [0.2, 0.25) is 0 Å². The first-order valence-corrected chi connectivity index (χ1v) is 7.32. The summed E-state index contributed by atoms with van der Waals surface area (Å²) in [6.07, 6.45) is 0.358. The standard InChI is InChI=1S/C16H15Cl2NO2/c1-2-16(20)21-13-6-4-12(5-7-13)19-10-11-3-8-14(17)15(18)9-11/h3-9,19H,2,10H2,1H3. The van der Waals surface area contributed by atoms with Crippen molar-refractivity contribution in [3.8, 4) is 5.75 Å². The second kappa shape index (κ2) is 7.34. The average Bonchev–Trinajstić information content (AvgIpc) is 2.50. The van der Waals surface area contributed by atoms with Gasteiger partial charge in [0.15, 0.2) is 0 Å². The maximum Gasteiger partial charge on any atom is 0.310 e. The van der Waals surface area contributed by atoms with Gasteiger partial charge in [0.25, 0.3) is 0 Å². The van der Waals surface area contributed by atoms with Crippen LogP contribution in [0.2, 0.25) is 10.0 Å². The van der Waals surface area contributed by atoms with E-state index in [4.69, 9.17) is 27.9 Å². The van der Waals surface area contributed by atoms with Crippen LogP contribution in [0, 0.1) is 0 Å². The maximum atomic E-state index is 11.2. The van der Waals surface area contributed by atoms with Gasteiger partial charge in [-0.15, -0.1) is 0 Å². The summed E-state index contributed by atoms with van der Waals surface area (Å²) in [5, 5.41) is 4.34. The van der Waals surface area contributed by atoms with Gasteiger partial charge >= 0.3 is 5.97 Å². The lowest BCUT2D eigenvalue weighted by atomic mass is 10.2. The van der Waals surface area contributed by atoms with Crippen LogP contribution in [0.3, 0.4) is 0 Å². The van der Waals surface area contributed by atoms with Crippen LogP contribution >= 0.6 is 23.2 Å². The summed E-state index contributed by atoms with van der Waals surface area (Å²) in [5.41, 5.74) is 1.96. The molecule has 5 heteroatoms. The van der Waals surface area contributed by atoms with E-state index in [-0.39, 0.29) is 5.97 Å². The Hall–Kier alpha value is -1.71. The van der Waals surface area contributed by atoms with E-state index in [1.807, 2.05) is 24.3 Å². The van der Waals surface area contributed by atoms with E-state index in [1.54, 1.807) is 25.1 Å². The molecule has 3 nitrogen and oxygen atoms in total. The summed E-state index contributed by atoms with van der Waals surface area (Å²) in [6.45, 7) is 2.39. The number of carbonyl (C=O) groups is 1. The first kappa shape index (κ1) is 15.7. The molecule has 2 rings (SSSR count). The first-order valence-electron chi connectivity index (χ1n) is 6.57. The lowest BCUT2D eigenvalue weighted by molar-refractivity contribution is -0.134. The molecule has 1 N–H and O–H groups in total. The van der Waals surface area contributed by atoms with Gasteiger partial charge in [-0.2, -0.15) is 0 Å². The summed E-state index contributed by atoms with van der Waals surface area (Å²) < 4.78 is 5.11. The molecule has 0 heterocycles. The predicted molar refractivity (Wildman–Crippen MR) is 86.2 cm³/mol. The van der Waals surface area contributed by atoms with Gasteiger partial charge in [0, 0.05) is 18.7 Å². The molecule has 0 aliphatic carbocycles. The third kappa shape index (κ3) is 4.66. The molecule has 0 aliphatic rings. The lowest BCUT2D eigenvalue weighted by Gasteiger charge is -2.08. The molecular formula is C16H15Cl2NO2. The number of rotatable bonds is 5. The quantitative estimate of drug-likeness (QED) is 0.626. The predicted octanol–water partition coefficient (Wildman–Crippen LogP) is 4.92. The molecule has 0 aliphatic heterocycles. The van der Waals surface area contributed by atoms with Gasteiger partial charge in [-0.3, -0.25) is 4.79 Å². The molecule has 0 saturated heterocycles. The van der Waals surface area contributed by atoms with Crippen LogP contribution < -0.4 is 10.1 Å². The van der Waals surface area contributed by atoms with Crippen molar-refractivity contribution in [3.05, 3.63) is 58.1 Å². The molecule has 0 atom stereocenters. The van der Waals surface area contributed by atoms with Gasteiger partial charge in [-0.1, -0.05) is 36.2 Å². The third-order valence-corrected chi connectivity index (χ3v) is 3.59. The largest absolute Gasteiger partial charge is 0.427 e. The average molecular weight is 324 g/mol. The first-order chi connectivity index (χ1) is 10.1. The molecule has 2 aromatic rings. The van der Waals surface area contributed by atoms with Crippen molar-refractivity contribution in [2.24, 2.45) is 0 Å². The smallest absolute Gasteiger partial charge is 0.310 e. The van der Waals surface area contributed by atoms with E-state index in [0.29, 0.717) is 28.8 Å². The molecule has 0 amide bonds. The van der Waals surface area contributed by atoms with E-state index in [9.17, 15) is 4.79 Å². The number of hydrogen-bond donors (Lipinski definition) is 1. The molecule has 0 aromatic heterocycles. The maximum absolute atomic E-state index is 11.2. The van der Waals surface area contributed by atoms with Crippen LogP contribution in [0.15, 0.2) is 42.5 Å². The normalized spacial score (nSPS) is 10.2. The Balaban J connectivity index is 1.94. The number of esters is 1. The van der Waals surface area contributed by atoms with Crippen LogP contribution in [0.25, 0.3) is 0 Å². The highest BCUT2D eigenvalue weighted by molar-refractivity contribution is 6.42. The SMILES string of the molecule is CCC(=O)Oc1ccc(NCc2ccc(Cl)c(Cl)c2)cc1. The highest BCUT2D eigenvalue weighted by Crippen LogP contribution is 2.23. The molecule has 0 saturated carbocycles. The Morgan fingerprint density at radius 1 is 1.10 bits per heavy atom. The van der Waals surface area contributed by atoms with E-state index in [1.165, 1.54) is 0 Å². The molecule has 2 aromatic carbocycles. The number of ether oxygens (including phenoxy) is 1. The molecule has 0 spiro atoms. The van der Waals surface area contributed by atoms with E-state index < -0.39 is 0 Å². The van der Waals surface area contributed by atoms with Crippen LogP contribution in [0.4, 0.5) is 5.69 Å². The molecule has 21 heavy (non-hydrogen) atoms. The summed E-state index contributed by atoms with van der Waals surface area (Å²) in [5.74, 6) is 0.299. The Bertz CT molecular complexity index is 627. The zero-order valence-electron chi connectivity index (χ0n) is 11.5. The number of anilines is 1. The molecule has 0 radical (unpaired) electrons. The Kier molecular flexibility index (Phi) is 5.48. The summed E-state index contributed by atoms with van der Waals surface area (Å²) in [7, 11) is 0. The minimum absolute atomic E-state index is 0.244. The van der Waals surface area contributed by atoms with E-state index in [0.717, 1.165) is 11.3 Å². The van der Waals surface area contributed by atoms with Crippen molar-refractivity contribution in [2.75, 3.05) is 5.32 Å². The Labute approximate surface area is 133 Å². The van der Waals surface area contributed by atoms with Gasteiger partial charge < -0.3 is 10.1 Å². The fraction of sp³-hybridized carbons (Fsp3) is 0.188. The highest BCUT2D eigenvalue weighted by Gasteiger charge is 2.02. The van der Waals surface area contributed by atoms with Gasteiger partial charge in [-0.25, -0.2) is 0 Å². The van der Waals surface area contributed by atoms with Crippen molar-refractivity contribution in [1.82, 2.24) is 0 Å². The molecule has 110 valence electrons. The topological polar surface area (TPSA) is 38.3 Å². The number of halogens is 2. The third-order valence-electron chi connectivity index (χ3n) is 2.86. The second-order valence-electron chi connectivity index (χ2n) is 4.45. The Morgan fingerprint density at radius 2 is 1.81 bits per heavy atom. The minimum atomic E-state index is -0.244. The van der Waals surface area contributed by atoms with Crippen molar-refractivity contribution in [2.45, 2.75) is 19.9 Å². The lowest BCUT2D eigenvalue weighted by Crippen LogP contribution is -2.05.